The van der Waals surface area contributed by atoms with Crippen molar-refractivity contribution in [2.24, 2.45) is 0 Å². The summed E-state index contributed by atoms with van der Waals surface area (Å²) >= 11 is 5.57. The lowest BCUT2D eigenvalue weighted by molar-refractivity contribution is -0.141. The number of pyridine rings is 1. The molecule has 0 aliphatic heterocycles. The monoisotopic (exact) mass is 307 g/mol. The number of carbonyl (C=O) groups is 1. The summed E-state index contributed by atoms with van der Waals surface area (Å²) in [5.41, 5.74) is -0.655. The van der Waals surface area contributed by atoms with Crippen LogP contribution in [0.2, 0.25) is 5.02 Å². The molecular formula is C13H13ClF3NO2. The maximum Gasteiger partial charge on any atom is 0.434 e. The molecule has 0 bridgehead atoms. The van der Waals surface area contributed by atoms with Gasteiger partial charge < -0.3 is 5.11 Å². The Hall–Kier alpha value is -1.56. The average Bonchev–Trinajstić information content (AvgIpc) is 2.33. The van der Waals surface area contributed by atoms with Crippen LogP contribution in [0.5, 0.6) is 0 Å². The molecule has 1 N–H and O–H groups in total. The minimum atomic E-state index is -4.63. The Morgan fingerprint density at radius 1 is 1.50 bits per heavy atom. The number of aromatic nitrogens is 1. The van der Waals surface area contributed by atoms with Gasteiger partial charge in [0, 0.05) is 11.8 Å². The van der Waals surface area contributed by atoms with Gasteiger partial charge in [-0.25, -0.2) is 9.78 Å². The quantitative estimate of drug-likeness (QED) is 0.830. The molecule has 0 radical (unpaired) electrons. The molecule has 1 heterocycles. The fraction of sp³-hybridized carbons (Fsp3) is 0.385. The highest BCUT2D eigenvalue weighted by Gasteiger charge is 2.35. The highest BCUT2D eigenvalue weighted by molar-refractivity contribution is 6.31. The van der Waals surface area contributed by atoms with Gasteiger partial charge >= 0.3 is 12.1 Å². The maximum atomic E-state index is 12.7. The number of alkyl halides is 3. The van der Waals surface area contributed by atoms with Crippen LogP contribution in [0, 0.1) is 0 Å². The third-order valence-electron chi connectivity index (χ3n) is 2.53. The van der Waals surface area contributed by atoms with E-state index in [9.17, 15) is 18.0 Å². The normalized spacial score (nSPS) is 12.1. The van der Waals surface area contributed by atoms with Gasteiger partial charge in [-0.2, -0.15) is 13.2 Å². The first kappa shape index (κ1) is 16.5. The molecule has 0 amide bonds. The van der Waals surface area contributed by atoms with Crippen molar-refractivity contribution in [3.63, 3.8) is 0 Å². The number of carboxylic acids is 1. The molecule has 0 saturated heterocycles. The predicted molar refractivity (Wildman–Crippen MR) is 69.5 cm³/mol. The third-order valence-corrected chi connectivity index (χ3v) is 2.82. The first-order valence-electron chi connectivity index (χ1n) is 5.93. The van der Waals surface area contributed by atoms with E-state index in [1.165, 1.54) is 6.08 Å². The number of nitrogens with zero attached hydrogens (tertiary/aromatic N) is 1. The lowest BCUT2D eigenvalue weighted by Gasteiger charge is -2.12. The van der Waals surface area contributed by atoms with Crippen LogP contribution in [-0.2, 0) is 17.4 Å². The molecule has 0 fully saturated rings. The van der Waals surface area contributed by atoms with E-state index in [0.29, 0.717) is 18.4 Å². The number of rotatable bonds is 5. The standard InChI is InChI=1S/C13H13ClF3NO2/c1-2-3-4-10-8(5-6-11(19)20)7-9(14)12(18-10)13(15,16)17/h5-7H,2-4H2,1H3,(H,19,20). The second-order valence-electron chi connectivity index (χ2n) is 4.13. The third kappa shape index (κ3) is 4.52. The largest absolute Gasteiger partial charge is 0.478 e. The molecule has 0 aliphatic rings. The van der Waals surface area contributed by atoms with Gasteiger partial charge in [-0.05, 0) is 30.5 Å². The van der Waals surface area contributed by atoms with Gasteiger partial charge in [-0.1, -0.05) is 24.9 Å². The molecule has 1 aromatic heterocycles. The van der Waals surface area contributed by atoms with E-state index >= 15 is 0 Å². The Morgan fingerprint density at radius 3 is 2.65 bits per heavy atom. The summed E-state index contributed by atoms with van der Waals surface area (Å²) in [5, 5.41) is 8.04. The smallest absolute Gasteiger partial charge is 0.434 e. The van der Waals surface area contributed by atoms with Gasteiger partial charge in [0.1, 0.15) is 0 Å². The van der Waals surface area contributed by atoms with Crippen LogP contribution >= 0.6 is 11.6 Å². The summed E-state index contributed by atoms with van der Waals surface area (Å²) in [7, 11) is 0. The number of aliphatic carboxylic acids is 1. The second-order valence-corrected chi connectivity index (χ2v) is 4.53. The Balaban J connectivity index is 3.28. The number of aryl methyl sites for hydroxylation is 1. The molecule has 0 aromatic carbocycles. The van der Waals surface area contributed by atoms with Crippen molar-refractivity contribution in [3.8, 4) is 0 Å². The van der Waals surface area contributed by atoms with Crippen molar-refractivity contribution in [1.29, 1.82) is 0 Å². The molecular weight excluding hydrogens is 295 g/mol. The fourth-order valence-corrected chi connectivity index (χ4v) is 1.86. The minimum Gasteiger partial charge on any atom is -0.478 e. The molecule has 7 heteroatoms. The zero-order valence-corrected chi connectivity index (χ0v) is 11.4. The zero-order valence-electron chi connectivity index (χ0n) is 10.7. The summed E-state index contributed by atoms with van der Waals surface area (Å²) in [6.45, 7) is 1.90. The van der Waals surface area contributed by atoms with Crippen molar-refractivity contribution in [1.82, 2.24) is 4.98 Å². The van der Waals surface area contributed by atoms with Crippen LogP contribution in [0.4, 0.5) is 13.2 Å². The van der Waals surface area contributed by atoms with E-state index in [1.807, 2.05) is 6.92 Å². The van der Waals surface area contributed by atoms with E-state index < -0.39 is 22.9 Å². The van der Waals surface area contributed by atoms with Crippen LogP contribution in [0.3, 0.4) is 0 Å². The lowest BCUT2D eigenvalue weighted by atomic mass is 10.1. The van der Waals surface area contributed by atoms with Crippen molar-refractivity contribution in [2.75, 3.05) is 0 Å². The van der Waals surface area contributed by atoms with Crippen LogP contribution in [0.25, 0.3) is 6.08 Å². The number of unbranched alkanes of at least 4 members (excludes halogenated alkanes) is 1. The van der Waals surface area contributed by atoms with Crippen molar-refractivity contribution in [3.05, 3.63) is 34.1 Å². The number of halogens is 4. The molecule has 0 unspecified atom stereocenters. The summed E-state index contributed by atoms with van der Waals surface area (Å²) < 4.78 is 38.2. The first-order valence-corrected chi connectivity index (χ1v) is 6.31. The van der Waals surface area contributed by atoms with Gasteiger partial charge in [0.15, 0.2) is 5.69 Å². The minimum absolute atomic E-state index is 0.195. The maximum absolute atomic E-state index is 12.7. The molecule has 3 nitrogen and oxygen atoms in total. The fourth-order valence-electron chi connectivity index (χ4n) is 1.59. The number of hydrogen-bond acceptors (Lipinski definition) is 2. The molecule has 0 aliphatic carbocycles. The summed E-state index contributed by atoms with van der Waals surface area (Å²) in [5.74, 6) is -1.19. The van der Waals surface area contributed by atoms with Crippen molar-refractivity contribution in [2.45, 2.75) is 32.4 Å². The van der Waals surface area contributed by atoms with Gasteiger partial charge in [0.25, 0.3) is 0 Å². The Kier molecular flexibility index (Phi) is 5.56. The highest BCUT2D eigenvalue weighted by Crippen LogP contribution is 2.34. The zero-order chi connectivity index (χ0) is 15.3. The summed E-state index contributed by atoms with van der Waals surface area (Å²) in [6, 6.07) is 1.10. The van der Waals surface area contributed by atoms with E-state index in [4.69, 9.17) is 16.7 Å². The SMILES string of the molecule is CCCCc1nc(C(F)(F)F)c(Cl)cc1C=CC(=O)O. The van der Waals surface area contributed by atoms with E-state index in [0.717, 1.165) is 18.6 Å². The van der Waals surface area contributed by atoms with Crippen LogP contribution in [0.15, 0.2) is 12.1 Å². The van der Waals surface area contributed by atoms with Gasteiger partial charge in [0.2, 0.25) is 0 Å². The molecule has 1 aromatic rings. The molecule has 0 spiro atoms. The lowest BCUT2D eigenvalue weighted by Crippen LogP contribution is -2.11. The predicted octanol–water partition coefficient (Wildman–Crippen LogP) is 4.19. The Bertz CT molecular complexity index is 527. The average molecular weight is 308 g/mol. The molecule has 0 atom stereocenters. The van der Waals surface area contributed by atoms with Gasteiger partial charge in [-0.3, -0.25) is 0 Å². The number of hydrogen-bond donors (Lipinski definition) is 1. The second kappa shape index (κ2) is 6.74. The molecule has 1 rings (SSSR count). The van der Waals surface area contributed by atoms with Crippen molar-refractivity contribution >= 4 is 23.6 Å². The number of carboxylic acid groups (broad SMARTS) is 1. The summed E-state index contributed by atoms with van der Waals surface area (Å²) in [6.07, 6.45) is -0.820. The van der Waals surface area contributed by atoms with Crippen molar-refractivity contribution < 1.29 is 23.1 Å². The van der Waals surface area contributed by atoms with Gasteiger partial charge in [0.05, 0.1) is 5.02 Å². The van der Waals surface area contributed by atoms with E-state index in [2.05, 4.69) is 4.98 Å². The Labute approximate surface area is 119 Å². The molecule has 20 heavy (non-hydrogen) atoms. The Morgan fingerprint density at radius 2 is 2.15 bits per heavy atom. The topological polar surface area (TPSA) is 50.2 Å². The summed E-state index contributed by atoms with van der Waals surface area (Å²) in [4.78, 5) is 14.0. The first-order chi connectivity index (χ1) is 9.25. The molecule has 110 valence electrons. The van der Waals surface area contributed by atoms with Crippen LogP contribution in [-0.4, -0.2) is 16.1 Å². The van der Waals surface area contributed by atoms with Crippen LogP contribution in [0.1, 0.15) is 36.7 Å². The molecule has 0 saturated carbocycles. The highest BCUT2D eigenvalue weighted by atomic mass is 35.5. The van der Waals surface area contributed by atoms with Crippen LogP contribution < -0.4 is 0 Å². The van der Waals surface area contributed by atoms with E-state index in [1.54, 1.807) is 0 Å². The van der Waals surface area contributed by atoms with Gasteiger partial charge in [-0.15, -0.1) is 0 Å². The van der Waals surface area contributed by atoms with E-state index in [-0.39, 0.29) is 5.69 Å².